The van der Waals surface area contributed by atoms with Gasteiger partial charge >= 0.3 is 19.8 Å². The van der Waals surface area contributed by atoms with Crippen LogP contribution in [0, 0.1) is 0 Å². The zero-order valence-corrected chi connectivity index (χ0v) is 32.1. The third-order valence-corrected chi connectivity index (χ3v) is 9.37. The summed E-state index contributed by atoms with van der Waals surface area (Å²) in [5, 5.41) is 18.3. The summed E-state index contributed by atoms with van der Waals surface area (Å²) in [4.78, 5) is 34.8. The molecule has 0 aromatic heterocycles. The second kappa shape index (κ2) is 35.1. The molecule has 0 heterocycles. The van der Waals surface area contributed by atoms with Crippen LogP contribution in [0.5, 0.6) is 0 Å². The van der Waals surface area contributed by atoms with E-state index in [1.54, 1.807) is 0 Å². The lowest BCUT2D eigenvalue weighted by Crippen LogP contribution is -2.29. The first kappa shape index (κ1) is 47.7. The highest BCUT2D eigenvalue weighted by Gasteiger charge is 2.27. The number of hydrogen-bond donors (Lipinski definition) is 3. The lowest BCUT2D eigenvalue weighted by atomic mass is 10.0. The molecule has 0 aromatic carbocycles. The normalized spacial score (nSPS) is 14.1. The second-order valence-electron chi connectivity index (χ2n) is 13.3. The summed E-state index contributed by atoms with van der Waals surface area (Å²) in [5.41, 5.74) is 0. The number of phosphoric acid groups is 1. The van der Waals surface area contributed by atoms with Crippen LogP contribution in [0.25, 0.3) is 0 Å². The number of carbonyl (C=O) groups is 2. The van der Waals surface area contributed by atoms with Gasteiger partial charge in [0.2, 0.25) is 0 Å². The third-order valence-electron chi connectivity index (χ3n) is 8.42. The van der Waals surface area contributed by atoms with Gasteiger partial charge in [-0.2, -0.15) is 0 Å². The summed E-state index contributed by atoms with van der Waals surface area (Å²) in [6.45, 7) is 2.35. The van der Waals surface area contributed by atoms with Crippen molar-refractivity contribution in [2.24, 2.45) is 0 Å². The van der Waals surface area contributed by atoms with E-state index in [9.17, 15) is 24.2 Å². The van der Waals surface area contributed by atoms with Crippen molar-refractivity contribution in [2.75, 3.05) is 26.4 Å². The summed E-state index contributed by atoms with van der Waals surface area (Å²) in [6, 6.07) is 0. The number of aliphatic hydroxyl groups excluding tert-OH is 2. The van der Waals surface area contributed by atoms with Gasteiger partial charge in [-0.15, -0.1) is 0 Å². The Morgan fingerprint density at radius 1 is 0.592 bits per heavy atom. The lowest BCUT2D eigenvalue weighted by molar-refractivity contribution is -0.161. The molecule has 0 aliphatic rings. The standard InChI is InChI=1S/C38H73O10P/c1-3-5-7-9-11-13-15-17-18-20-22-24-26-28-30-38(42)48-36(34-47-49(43,44)46-32-35(40)31-39)33-45-37(41)29-27-25-23-21-19-16-14-12-10-8-6-4-2/h12,14,35-36,39-40H,3-11,13,15-34H2,1-2H3,(H,43,44)/b14-12+/t35-,36+/m0/s1. The molecule has 3 atom stereocenters. The molecule has 0 fully saturated rings. The van der Waals surface area contributed by atoms with Crippen molar-refractivity contribution < 1.29 is 47.8 Å². The van der Waals surface area contributed by atoms with E-state index in [1.165, 1.54) is 83.5 Å². The van der Waals surface area contributed by atoms with Gasteiger partial charge in [0.15, 0.2) is 6.10 Å². The van der Waals surface area contributed by atoms with Gasteiger partial charge in [0.05, 0.1) is 19.8 Å². The first-order chi connectivity index (χ1) is 23.7. The molecule has 0 amide bonds. The molecule has 0 saturated heterocycles. The van der Waals surface area contributed by atoms with Crippen molar-refractivity contribution in [1.29, 1.82) is 0 Å². The molecule has 49 heavy (non-hydrogen) atoms. The van der Waals surface area contributed by atoms with Crippen LogP contribution in [0.15, 0.2) is 12.2 Å². The topological polar surface area (TPSA) is 149 Å². The van der Waals surface area contributed by atoms with Gasteiger partial charge in [0.1, 0.15) is 12.7 Å². The Kier molecular flexibility index (Phi) is 34.2. The van der Waals surface area contributed by atoms with Crippen LogP contribution in [0.1, 0.15) is 181 Å². The number of phosphoric ester groups is 1. The summed E-state index contributed by atoms with van der Waals surface area (Å²) in [6.07, 6.45) is 30.3. The fourth-order valence-electron chi connectivity index (χ4n) is 5.34. The molecule has 0 bridgehead atoms. The molecule has 3 N–H and O–H groups in total. The van der Waals surface area contributed by atoms with Crippen molar-refractivity contribution in [3.8, 4) is 0 Å². The van der Waals surface area contributed by atoms with Gasteiger partial charge in [-0.05, 0) is 38.5 Å². The number of aliphatic hydroxyl groups is 2. The first-order valence-corrected chi connectivity index (χ1v) is 21.1. The molecular weight excluding hydrogens is 647 g/mol. The van der Waals surface area contributed by atoms with Gasteiger partial charge in [0, 0.05) is 12.8 Å². The van der Waals surface area contributed by atoms with Crippen LogP contribution in [0.3, 0.4) is 0 Å². The van der Waals surface area contributed by atoms with Crippen LogP contribution >= 0.6 is 7.82 Å². The average molecular weight is 721 g/mol. The van der Waals surface area contributed by atoms with Crippen molar-refractivity contribution in [3.05, 3.63) is 12.2 Å². The minimum absolute atomic E-state index is 0.188. The van der Waals surface area contributed by atoms with E-state index in [1.807, 2.05) is 0 Å². The third kappa shape index (κ3) is 34.9. The maximum absolute atomic E-state index is 12.5. The molecule has 11 heteroatoms. The Labute approximate surface area is 298 Å². The molecule has 0 saturated carbocycles. The van der Waals surface area contributed by atoms with E-state index >= 15 is 0 Å². The van der Waals surface area contributed by atoms with Crippen LogP contribution in [-0.2, 0) is 32.7 Å². The maximum atomic E-state index is 12.5. The molecule has 1 unspecified atom stereocenters. The molecular formula is C38H73O10P. The minimum Gasteiger partial charge on any atom is -0.462 e. The largest absolute Gasteiger partial charge is 0.472 e. The summed E-state index contributed by atoms with van der Waals surface area (Å²) >= 11 is 0. The Bertz CT molecular complexity index is 837. The van der Waals surface area contributed by atoms with Gasteiger partial charge in [-0.3, -0.25) is 18.6 Å². The summed E-state index contributed by atoms with van der Waals surface area (Å²) < 4.78 is 32.6. The van der Waals surface area contributed by atoms with Crippen molar-refractivity contribution in [2.45, 2.75) is 193 Å². The molecule has 0 spiro atoms. The first-order valence-electron chi connectivity index (χ1n) is 19.6. The molecule has 0 aliphatic carbocycles. The zero-order valence-electron chi connectivity index (χ0n) is 31.2. The summed E-state index contributed by atoms with van der Waals surface area (Å²) in [5.74, 6) is -0.929. The van der Waals surface area contributed by atoms with E-state index < -0.39 is 51.8 Å². The lowest BCUT2D eigenvalue weighted by Gasteiger charge is -2.20. The number of esters is 2. The van der Waals surface area contributed by atoms with E-state index in [-0.39, 0.29) is 19.4 Å². The predicted octanol–water partition coefficient (Wildman–Crippen LogP) is 9.67. The summed E-state index contributed by atoms with van der Waals surface area (Å²) in [7, 11) is -4.61. The van der Waals surface area contributed by atoms with Crippen molar-refractivity contribution in [3.63, 3.8) is 0 Å². The zero-order chi connectivity index (χ0) is 36.3. The molecule has 0 aromatic rings. The number of rotatable bonds is 37. The molecule has 10 nitrogen and oxygen atoms in total. The van der Waals surface area contributed by atoms with Gasteiger partial charge in [-0.25, -0.2) is 4.57 Å². The van der Waals surface area contributed by atoms with Gasteiger partial charge in [-0.1, -0.05) is 142 Å². The van der Waals surface area contributed by atoms with E-state index in [0.29, 0.717) is 12.8 Å². The van der Waals surface area contributed by atoms with Crippen molar-refractivity contribution >= 4 is 19.8 Å². The van der Waals surface area contributed by atoms with Gasteiger partial charge < -0.3 is 24.6 Å². The van der Waals surface area contributed by atoms with Crippen molar-refractivity contribution in [1.82, 2.24) is 0 Å². The minimum atomic E-state index is -4.61. The number of hydrogen-bond acceptors (Lipinski definition) is 9. The molecule has 0 radical (unpaired) electrons. The highest BCUT2D eigenvalue weighted by molar-refractivity contribution is 7.47. The van der Waals surface area contributed by atoms with Crippen LogP contribution < -0.4 is 0 Å². The smallest absolute Gasteiger partial charge is 0.462 e. The number of ether oxygens (including phenoxy) is 2. The highest BCUT2D eigenvalue weighted by Crippen LogP contribution is 2.43. The molecule has 290 valence electrons. The van der Waals surface area contributed by atoms with Gasteiger partial charge in [0.25, 0.3) is 0 Å². The highest BCUT2D eigenvalue weighted by atomic mass is 31.2. The van der Waals surface area contributed by atoms with E-state index in [2.05, 4.69) is 30.5 Å². The number of allylic oxidation sites excluding steroid dienone is 2. The average Bonchev–Trinajstić information content (AvgIpc) is 3.09. The van der Waals surface area contributed by atoms with Crippen LogP contribution in [-0.4, -0.2) is 65.7 Å². The fraction of sp³-hybridized carbons (Fsp3) is 0.895. The Morgan fingerprint density at radius 3 is 1.51 bits per heavy atom. The second-order valence-corrected chi connectivity index (χ2v) is 14.8. The monoisotopic (exact) mass is 720 g/mol. The quantitative estimate of drug-likeness (QED) is 0.0245. The number of unbranched alkanes of at least 4 members (excludes halogenated alkanes) is 21. The SMILES string of the molecule is CCCCC/C=C/CCCCCCCC(=O)OC[C@H](COP(=O)(O)OC[C@@H](O)CO)OC(=O)CCCCCCCCCCCCCCCC. The van der Waals surface area contributed by atoms with E-state index in [0.717, 1.165) is 57.8 Å². The molecule has 0 aliphatic heterocycles. The molecule has 0 rings (SSSR count). The maximum Gasteiger partial charge on any atom is 0.472 e. The van der Waals surface area contributed by atoms with E-state index in [4.69, 9.17) is 19.1 Å². The Morgan fingerprint density at radius 2 is 1.00 bits per heavy atom. The van der Waals surface area contributed by atoms with Crippen LogP contribution in [0.2, 0.25) is 0 Å². The fourth-order valence-corrected chi connectivity index (χ4v) is 6.13. The number of carbonyl (C=O) groups excluding carboxylic acids is 2. The Balaban J connectivity index is 4.34. The van der Waals surface area contributed by atoms with Crippen LogP contribution in [0.4, 0.5) is 0 Å². The predicted molar refractivity (Wildman–Crippen MR) is 196 cm³/mol. The Hall–Kier alpha value is -1.29.